The fourth-order valence-corrected chi connectivity index (χ4v) is 4.69. The highest BCUT2D eigenvalue weighted by Gasteiger charge is 2.27. The molecule has 4 nitrogen and oxygen atoms in total. The second-order valence-corrected chi connectivity index (χ2v) is 8.73. The van der Waals surface area contributed by atoms with Crippen LogP contribution in [-0.4, -0.2) is 43.3 Å². The van der Waals surface area contributed by atoms with Gasteiger partial charge in [0.15, 0.2) is 0 Å². The van der Waals surface area contributed by atoms with E-state index in [4.69, 9.17) is 0 Å². The van der Waals surface area contributed by atoms with E-state index in [1.165, 1.54) is 31.9 Å². The summed E-state index contributed by atoms with van der Waals surface area (Å²) >= 11 is 0. The molecule has 0 amide bonds. The minimum absolute atomic E-state index is 0.250. The molecule has 0 bridgehead atoms. The van der Waals surface area contributed by atoms with Crippen molar-refractivity contribution in [3.05, 3.63) is 0 Å². The molecule has 0 aromatic rings. The molecule has 1 saturated heterocycles. The van der Waals surface area contributed by atoms with Gasteiger partial charge in [-0.15, -0.1) is 0 Å². The summed E-state index contributed by atoms with van der Waals surface area (Å²) in [5, 5.41) is 10.2. The Kier molecular flexibility index (Phi) is 5.87. The number of piperidine rings is 1. The molecule has 118 valence electrons. The van der Waals surface area contributed by atoms with Crippen LogP contribution < -0.4 is 0 Å². The Morgan fingerprint density at radius 1 is 1.15 bits per heavy atom. The Balaban J connectivity index is 1.71. The minimum Gasteiger partial charge on any atom is -0.393 e. The maximum atomic E-state index is 11.6. The maximum absolute atomic E-state index is 11.6. The van der Waals surface area contributed by atoms with Crippen LogP contribution in [0, 0.1) is 11.8 Å². The molecule has 2 rings (SSSR count). The van der Waals surface area contributed by atoms with Crippen LogP contribution in [0.3, 0.4) is 0 Å². The van der Waals surface area contributed by atoms with E-state index >= 15 is 0 Å². The van der Waals surface area contributed by atoms with Crippen molar-refractivity contribution in [1.29, 1.82) is 0 Å². The van der Waals surface area contributed by atoms with Crippen molar-refractivity contribution in [2.45, 2.75) is 63.9 Å². The van der Waals surface area contributed by atoms with Gasteiger partial charge in [0.05, 0.1) is 12.4 Å². The van der Waals surface area contributed by atoms with E-state index in [9.17, 15) is 13.5 Å². The predicted molar refractivity (Wildman–Crippen MR) is 81.0 cm³/mol. The molecule has 0 spiro atoms. The molecule has 1 saturated carbocycles. The largest absolute Gasteiger partial charge is 0.393 e. The number of hydrogen-bond donors (Lipinski definition) is 1. The van der Waals surface area contributed by atoms with E-state index in [-0.39, 0.29) is 6.10 Å². The lowest BCUT2D eigenvalue weighted by molar-refractivity contribution is 0.108. The molecular weight excluding hydrogens is 274 g/mol. The SMILES string of the molecule is CS(=O)(=O)N1CCCC(CC(O)CCC2CCCC2)C1. The summed E-state index contributed by atoms with van der Waals surface area (Å²) in [6.07, 6.45) is 11.2. The minimum atomic E-state index is -3.07. The standard InChI is InChI=1S/C15H29NO3S/c1-20(18,19)16-10-4-7-14(12-16)11-15(17)9-8-13-5-2-3-6-13/h13-15,17H,2-12H2,1H3. The van der Waals surface area contributed by atoms with Gasteiger partial charge in [-0.1, -0.05) is 25.7 Å². The number of rotatable bonds is 6. The van der Waals surface area contributed by atoms with Crippen LogP contribution in [0.4, 0.5) is 0 Å². The molecule has 2 fully saturated rings. The van der Waals surface area contributed by atoms with Crippen molar-refractivity contribution >= 4 is 10.0 Å². The first-order chi connectivity index (χ1) is 9.45. The Morgan fingerprint density at radius 2 is 1.80 bits per heavy atom. The molecule has 1 N–H and O–H groups in total. The Labute approximate surface area is 123 Å². The average Bonchev–Trinajstić information content (AvgIpc) is 2.89. The summed E-state index contributed by atoms with van der Waals surface area (Å²) in [6, 6.07) is 0. The lowest BCUT2D eigenvalue weighted by Gasteiger charge is -2.32. The normalized spacial score (nSPS) is 27.8. The predicted octanol–water partition coefficient (Wildman–Crippen LogP) is 2.38. The van der Waals surface area contributed by atoms with Gasteiger partial charge in [-0.3, -0.25) is 0 Å². The number of nitrogens with zero attached hydrogens (tertiary/aromatic N) is 1. The number of aliphatic hydroxyl groups excluding tert-OH is 1. The van der Waals surface area contributed by atoms with Crippen molar-refractivity contribution in [1.82, 2.24) is 4.31 Å². The summed E-state index contributed by atoms with van der Waals surface area (Å²) in [6.45, 7) is 1.24. The third-order valence-electron chi connectivity index (χ3n) is 4.94. The van der Waals surface area contributed by atoms with Gasteiger partial charge in [0, 0.05) is 13.1 Å². The van der Waals surface area contributed by atoms with Gasteiger partial charge in [-0.25, -0.2) is 12.7 Å². The highest BCUT2D eigenvalue weighted by molar-refractivity contribution is 7.88. The zero-order valence-electron chi connectivity index (χ0n) is 12.6. The van der Waals surface area contributed by atoms with Crippen LogP contribution >= 0.6 is 0 Å². The molecule has 1 aliphatic heterocycles. The van der Waals surface area contributed by atoms with E-state index in [0.717, 1.165) is 38.0 Å². The van der Waals surface area contributed by atoms with Crippen LogP contribution in [0.15, 0.2) is 0 Å². The van der Waals surface area contributed by atoms with Gasteiger partial charge in [-0.2, -0.15) is 0 Å². The first kappa shape index (κ1) is 16.2. The third-order valence-corrected chi connectivity index (χ3v) is 6.21. The molecule has 0 aromatic heterocycles. The van der Waals surface area contributed by atoms with Crippen molar-refractivity contribution in [3.63, 3.8) is 0 Å². The van der Waals surface area contributed by atoms with E-state index < -0.39 is 10.0 Å². The summed E-state index contributed by atoms with van der Waals surface area (Å²) in [7, 11) is -3.07. The number of aliphatic hydroxyl groups is 1. The van der Waals surface area contributed by atoms with Crippen LogP contribution in [0.1, 0.15) is 57.8 Å². The fourth-order valence-electron chi connectivity index (χ4n) is 3.75. The number of hydrogen-bond acceptors (Lipinski definition) is 3. The summed E-state index contributed by atoms with van der Waals surface area (Å²) in [5.74, 6) is 1.15. The van der Waals surface area contributed by atoms with Crippen LogP contribution in [-0.2, 0) is 10.0 Å². The van der Waals surface area contributed by atoms with Gasteiger partial charge in [-0.05, 0) is 43.9 Å². The smallest absolute Gasteiger partial charge is 0.211 e. The number of sulfonamides is 1. The third kappa shape index (κ3) is 5.01. The zero-order chi connectivity index (χ0) is 14.6. The molecular formula is C15H29NO3S. The second kappa shape index (κ2) is 7.23. The maximum Gasteiger partial charge on any atom is 0.211 e. The van der Waals surface area contributed by atoms with E-state index in [0.29, 0.717) is 19.0 Å². The molecule has 1 heterocycles. The quantitative estimate of drug-likeness (QED) is 0.819. The summed E-state index contributed by atoms with van der Waals surface area (Å²) < 4.78 is 24.7. The highest BCUT2D eigenvalue weighted by Crippen LogP contribution is 2.30. The molecule has 0 aromatic carbocycles. The van der Waals surface area contributed by atoms with Gasteiger partial charge < -0.3 is 5.11 Å². The van der Waals surface area contributed by atoms with Gasteiger partial charge in [0.1, 0.15) is 0 Å². The first-order valence-electron chi connectivity index (χ1n) is 8.08. The summed E-state index contributed by atoms with van der Waals surface area (Å²) in [4.78, 5) is 0. The molecule has 2 aliphatic rings. The second-order valence-electron chi connectivity index (χ2n) is 6.75. The van der Waals surface area contributed by atoms with Crippen LogP contribution in [0.25, 0.3) is 0 Å². The topological polar surface area (TPSA) is 57.6 Å². The van der Waals surface area contributed by atoms with Crippen molar-refractivity contribution in [2.75, 3.05) is 19.3 Å². The van der Waals surface area contributed by atoms with Gasteiger partial charge in [0.2, 0.25) is 10.0 Å². The van der Waals surface area contributed by atoms with Crippen molar-refractivity contribution < 1.29 is 13.5 Å². The van der Waals surface area contributed by atoms with Gasteiger partial charge in [0.25, 0.3) is 0 Å². The Bertz CT molecular complexity index is 390. The van der Waals surface area contributed by atoms with Crippen LogP contribution in [0.5, 0.6) is 0 Å². The molecule has 2 atom stereocenters. The molecule has 5 heteroatoms. The van der Waals surface area contributed by atoms with Crippen molar-refractivity contribution in [2.24, 2.45) is 11.8 Å². The molecule has 0 radical (unpaired) electrons. The lowest BCUT2D eigenvalue weighted by atomic mass is 9.90. The highest BCUT2D eigenvalue weighted by atomic mass is 32.2. The Hall–Kier alpha value is -0.130. The molecule has 2 unspecified atom stereocenters. The van der Waals surface area contributed by atoms with Crippen LogP contribution in [0.2, 0.25) is 0 Å². The first-order valence-corrected chi connectivity index (χ1v) is 9.93. The Morgan fingerprint density at radius 3 is 2.45 bits per heavy atom. The molecule has 20 heavy (non-hydrogen) atoms. The van der Waals surface area contributed by atoms with E-state index in [1.807, 2.05) is 0 Å². The van der Waals surface area contributed by atoms with E-state index in [2.05, 4.69) is 0 Å². The van der Waals surface area contributed by atoms with Gasteiger partial charge >= 0.3 is 0 Å². The lowest BCUT2D eigenvalue weighted by Crippen LogP contribution is -2.40. The van der Waals surface area contributed by atoms with Crippen molar-refractivity contribution in [3.8, 4) is 0 Å². The summed E-state index contributed by atoms with van der Waals surface area (Å²) in [5.41, 5.74) is 0. The average molecular weight is 303 g/mol. The fraction of sp³-hybridized carbons (Fsp3) is 1.00. The van der Waals surface area contributed by atoms with E-state index in [1.54, 1.807) is 4.31 Å². The zero-order valence-corrected chi connectivity index (χ0v) is 13.4. The molecule has 1 aliphatic carbocycles. The monoisotopic (exact) mass is 303 g/mol.